The normalized spacial score (nSPS) is 24.5. The predicted molar refractivity (Wildman–Crippen MR) is 209 cm³/mol. The Bertz CT molecular complexity index is 2340. The minimum Gasteiger partial charge on any atom is -0.394 e. The molecule has 8 nitrogen and oxygen atoms in total. The smallest absolute Gasteiger partial charge is 0.264 e. The van der Waals surface area contributed by atoms with Gasteiger partial charge in [0.1, 0.15) is 0 Å². The Morgan fingerprint density at radius 1 is 0.889 bits per heavy atom. The van der Waals surface area contributed by atoms with Crippen molar-refractivity contribution in [3.8, 4) is 0 Å². The summed E-state index contributed by atoms with van der Waals surface area (Å²) in [5.41, 5.74) is 4.55. The molecule has 54 heavy (non-hydrogen) atoms. The van der Waals surface area contributed by atoms with E-state index in [0.29, 0.717) is 29.8 Å². The molecule has 5 aromatic rings. The van der Waals surface area contributed by atoms with Gasteiger partial charge in [0.25, 0.3) is 11.8 Å². The van der Waals surface area contributed by atoms with Crippen LogP contribution >= 0.6 is 0 Å². The maximum atomic E-state index is 16.5. The van der Waals surface area contributed by atoms with Crippen molar-refractivity contribution in [2.45, 2.75) is 69.2 Å². The number of anilines is 3. The number of nitrogens with zero attached hydrogens (tertiary/aromatic N) is 3. The van der Waals surface area contributed by atoms with Crippen LogP contribution in [0.3, 0.4) is 0 Å². The van der Waals surface area contributed by atoms with Gasteiger partial charge in [-0.2, -0.15) is 0 Å². The summed E-state index contributed by atoms with van der Waals surface area (Å²) in [5.74, 6) is -1.10. The number of rotatable bonds is 7. The molecule has 1 spiro atoms. The third kappa shape index (κ3) is 5.18. The third-order valence-corrected chi connectivity index (χ3v) is 14.7. The van der Waals surface area contributed by atoms with Crippen LogP contribution in [0.4, 0.5) is 21.2 Å². The maximum absolute atomic E-state index is 16.5. The molecule has 0 radical (unpaired) electrons. The second kappa shape index (κ2) is 12.7. The average Bonchev–Trinajstić information content (AvgIpc) is 3.73. The van der Waals surface area contributed by atoms with Gasteiger partial charge >= 0.3 is 0 Å². The molecule has 1 N–H and O–H groups in total. The van der Waals surface area contributed by atoms with Crippen LogP contribution in [0.2, 0.25) is 18.6 Å². The molecule has 4 aliphatic heterocycles. The second-order valence-electron chi connectivity index (χ2n) is 15.7. The van der Waals surface area contributed by atoms with E-state index in [4.69, 9.17) is 4.74 Å². The van der Waals surface area contributed by atoms with Gasteiger partial charge in [-0.3, -0.25) is 19.3 Å². The molecule has 4 heterocycles. The Hall–Kier alpha value is -5.16. The largest absolute Gasteiger partial charge is 0.394 e. The van der Waals surface area contributed by atoms with E-state index in [9.17, 15) is 19.5 Å². The highest BCUT2D eigenvalue weighted by atomic mass is 28.4. The lowest BCUT2D eigenvalue weighted by molar-refractivity contribution is -0.151. The summed E-state index contributed by atoms with van der Waals surface area (Å²) >= 11 is 0. The maximum Gasteiger partial charge on any atom is 0.264 e. The first-order chi connectivity index (χ1) is 26.0. The van der Waals surface area contributed by atoms with E-state index < -0.39 is 37.6 Å². The van der Waals surface area contributed by atoms with Gasteiger partial charge in [-0.15, -0.1) is 0 Å². The predicted octanol–water partition coefficient (Wildman–Crippen LogP) is 7.79. The van der Waals surface area contributed by atoms with Gasteiger partial charge < -0.3 is 23.8 Å². The highest BCUT2D eigenvalue weighted by Crippen LogP contribution is 2.60. The Labute approximate surface area is 314 Å². The lowest BCUT2D eigenvalue weighted by Crippen LogP contribution is -2.48. The van der Waals surface area contributed by atoms with Gasteiger partial charge in [0, 0.05) is 34.6 Å². The summed E-state index contributed by atoms with van der Waals surface area (Å²) in [6.07, 6.45) is -0.366. The second-order valence-corrected chi connectivity index (χ2v) is 19.5. The average molecular weight is 740 g/mol. The molecular weight excluding hydrogens is 698 g/mol. The Morgan fingerprint density at radius 3 is 2.31 bits per heavy atom. The van der Waals surface area contributed by atoms with Crippen LogP contribution < -0.4 is 9.80 Å². The monoisotopic (exact) mass is 739 g/mol. The number of ether oxygens (including phenoxy) is 1. The molecule has 5 atom stereocenters. The number of benzene rings is 5. The molecule has 1 saturated heterocycles. The minimum absolute atomic E-state index is 0.0774. The van der Waals surface area contributed by atoms with E-state index in [1.807, 2.05) is 116 Å². The number of amides is 3. The van der Waals surface area contributed by atoms with Crippen molar-refractivity contribution in [2.24, 2.45) is 5.92 Å². The quantitative estimate of drug-likeness (QED) is 0.136. The van der Waals surface area contributed by atoms with E-state index in [0.717, 1.165) is 38.8 Å². The van der Waals surface area contributed by atoms with Crippen molar-refractivity contribution in [3.63, 3.8) is 0 Å². The molecule has 4 aliphatic rings. The van der Waals surface area contributed by atoms with Crippen LogP contribution in [0.25, 0.3) is 10.8 Å². The van der Waals surface area contributed by atoms with Crippen molar-refractivity contribution < 1.29 is 28.3 Å². The van der Waals surface area contributed by atoms with Gasteiger partial charge in [-0.05, 0) is 71.9 Å². The number of carbonyl (C=O) groups excluding carboxylic acids is 3. The molecule has 3 amide bonds. The van der Waals surface area contributed by atoms with Crippen LogP contribution in [-0.4, -0.2) is 54.9 Å². The van der Waals surface area contributed by atoms with E-state index >= 15 is 4.11 Å². The molecule has 5 aromatic carbocycles. The van der Waals surface area contributed by atoms with Gasteiger partial charge in [-0.1, -0.05) is 85.8 Å². The van der Waals surface area contributed by atoms with Crippen LogP contribution in [0.5, 0.6) is 0 Å². The number of hydrogen-bond donors (Lipinski definition) is 1. The number of carbonyl (C=O) groups is 3. The molecule has 0 aromatic heterocycles. The Kier molecular flexibility index (Phi) is 8.15. The number of aliphatic hydroxyl groups is 1. The van der Waals surface area contributed by atoms with Gasteiger partial charge in [0.15, 0.2) is 5.60 Å². The van der Waals surface area contributed by atoms with Gasteiger partial charge in [-0.25, -0.2) is 0 Å². The Balaban J connectivity index is 1.00. The van der Waals surface area contributed by atoms with Crippen LogP contribution in [0.15, 0.2) is 109 Å². The molecule has 0 saturated carbocycles. The summed E-state index contributed by atoms with van der Waals surface area (Å²) in [6, 6.07) is 34.4. The first-order valence-electron chi connectivity index (χ1n) is 18.7. The molecule has 0 unspecified atom stereocenters. The molecule has 0 bridgehead atoms. The van der Waals surface area contributed by atoms with Gasteiger partial charge in [0.2, 0.25) is 14.3 Å². The fourth-order valence-corrected chi connectivity index (χ4v) is 12.3. The molecule has 9 rings (SSSR count). The van der Waals surface area contributed by atoms with Crippen LogP contribution in [0.1, 0.15) is 46.0 Å². The van der Waals surface area contributed by atoms with Gasteiger partial charge in [0.05, 0.1) is 48.7 Å². The van der Waals surface area contributed by atoms with Crippen LogP contribution in [0, 0.1) is 5.92 Å². The standard InChI is InChI=1S/C44H42FN3O5Si/c1-27-41(54(2,3)45)38(23-39(50)46-25-31-11-5-4-10-30(31)22-33(46)26-49)53-44(27)35-15-6-7-16-36(35)47(43(44)52)24-28-18-20-32(21-19-28)48-37-17-9-13-29-12-8-14-34(40(29)37)42(48)51/h4-21,27,33,38,41,49H,22-26H2,1-3H3/t27-,33-,38+,41-,44+/m0/s1. The first kappa shape index (κ1) is 34.6. The van der Waals surface area contributed by atoms with Crippen molar-refractivity contribution in [3.05, 3.63) is 137 Å². The fraction of sp³-hybridized carbons (Fsp3) is 0.295. The minimum atomic E-state index is -3.50. The molecule has 274 valence electrons. The number of aliphatic hydroxyl groups excluding tert-OH is 1. The topological polar surface area (TPSA) is 90.4 Å². The lowest BCUT2D eigenvalue weighted by Gasteiger charge is -2.37. The zero-order valence-electron chi connectivity index (χ0n) is 30.5. The summed E-state index contributed by atoms with van der Waals surface area (Å²) in [5, 5.41) is 12.2. The summed E-state index contributed by atoms with van der Waals surface area (Å²) in [6.45, 7) is 5.59. The Morgan fingerprint density at radius 2 is 1.57 bits per heavy atom. The number of fused-ring (bicyclic) bond motifs is 3. The zero-order chi connectivity index (χ0) is 37.5. The highest BCUT2D eigenvalue weighted by molar-refractivity contribution is 6.72. The SMILES string of the molecule is C[C@H]1[C@H]([Si](C)(C)F)[C@@H](CC(=O)N2Cc3ccccc3C[C@H]2CO)O[C@]12C(=O)N(Cc1ccc(N3C(=O)c4cccc5cccc3c45)cc1)c1ccccc12. The molecular formula is C44H42FN3O5Si. The fourth-order valence-electron chi connectivity index (χ4n) is 9.80. The molecule has 10 heteroatoms. The molecule has 1 fully saturated rings. The number of hydrogen-bond acceptors (Lipinski definition) is 5. The highest BCUT2D eigenvalue weighted by Gasteiger charge is 2.67. The summed E-state index contributed by atoms with van der Waals surface area (Å²) < 4.78 is 23.4. The summed E-state index contributed by atoms with van der Waals surface area (Å²) in [4.78, 5) is 47.7. The zero-order valence-corrected chi connectivity index (χ0v) is 31.5. The molecule has 0 aliphatic carbocycles. The van der Waals surface area contributed by atoms with Crippen molar-refractivity contribution >= 4 is 54.0 Å². The first-order valence-corrected chi connectivity index (χ1v) is 21.7. The number of para-hydroxylation sites is 1. The van der Waals surface area contributed by atoms with E-state index in [1.54, 1.807) is 27.8 Å². The van der Waals surface area contributed by atoms with E-state index in [1.165, 1.54) is 0 Å². The van der Waals surface area contributed by atoms with Crippen LogP contribution in [-0.2, 0) is 39.4 Å². The number of halogens is 1. The summed E-state index contributed by atoms with van der Waals surface area (Å²) in [7, 11) is -3.50. The van der Waals surface area contributed by atoms with E-state index in [2.05, 4.69) is 0 Å². The lowest BCUT2D eigenvalue weighted by atomic mass is 9.82. The van der Waals surface area contributed by atoms with Crippen molar-refractivity contribution in [1.82, 2.24) is 4.90 Å². The van der Waals surface area contributed by atoms with Crippen molar-refractivity contribution in [1.29, 1.82) is 0 Å². The van der Waals surface area contributed by atoms with E-state index in [-0.39, 0.29) is 37.3 Å². The van der Waals surface area contributed by atoms with Crippen molar-refractivity contribution in [2.75, 3.05) is 16.4 Å². The third-order valence-electron chi connectivity index (χ3n) is 12.2.